The third-order valence-electron chi connectivity index (χ3n) is 4.49. The predicted octanol–water partition coefficient (Wildman–Crippen LogP) is 1.96. The van der Waals surface area contributed by atoms with Gasteiger partial charge in [-0.2, -0.15) is 0 Å². The number of aliphatic carboxylic acids is 1. The minimum absolute atomic E-state index is 0.0646. The molecule has 1 aliphatic rings. The Labute approximate surface area is 153 Å². The van der Waals surface area contributed by atoms with Gasteiger partial charge in [-0.1, -0.05) is 0 Å². The number of carbonyl (C=O) groups excluding carboxylic acids is 1. The van der Waals surface area contributed by atoms with Crippen LogP contribution in [0.1, 0.15) is 32.1 Å². The van der Waals surface area contributed by atoms with Gasteiger partial charge in [0.25, 0.3) is 0 Å². The molecule has 1 amide bonds. The van der Waals surface area contributed by atoms with Gasteiger partial charge in [-0.05, 0) is 49.4 Å². The second-order valence-corrected chi connectivity index (χ2v) is 8.63. The fourth-order valence-electron chi connectivity index (χ4n) is 2.99. The summed E-state index contributed by atoms with van der Waals surface area (Å²) >= 11 is 0. The zero-order valence-corrected chi connectivity index (χ0v) is 15.7. The van der Waals surface area contributed by atoms with Crippen LogP contribution in [-0.4, -0.2) is 56.3 Å². The molecule has 144 valence electrons. The SMILES string of the molecule is CS(=O)(=O)c1ccc(OCCCC(=O)N2CCC(CC(=O)O)CC2)cc1. The van der Waals surface area contributed by atoms with E-state index in [1.54, 1.807) is 17.0 Å². The van der Waals surface area contributed by atoms with Crippen LogP contribution in [0.25, 0.3) is 0 Å². The van der Waals surface area contributed by atoms with Gasteiger partial charge in [-0.25, -0.2) is 8.42 Å². The Morgan fingerprint density at radius 1 is 1.19 bits per heavy atom. The first-order valence-corrected chi connectivity index (χ1v) is 10.6. The van der Waals surface area contributed by atoms with E-state index in [-0.39, 0.29) is 23.1 Å². The molecule has 0 aliphatic carbocycles. The smallest absolute Gasteiger partial charge is 0.303 e. The zero-order valence-electron chi connectivity index (χ0n) is 14.9. The summed E-state index contributed by atoms with van der Waals surface area (Å²) in [6.07, 6.45) is 3.75. The Morgan fingerprint density at radius 2 is 1.81 bits per heavy atom. The first kappa shape index (κ1) is 20.2. The molecule has 7 nitrogen and oxygen atoms in total. The van der Waals surface area contributed by atoms with E-state index in [4.69, 9.17) is 9.84 Å². The average molecular weight is 383 g/mol. The minimum atomic E-state index is -3.22. The standard InChI is InChI=1S/C18H25NO6S/c1-26(23,24)16-6-4-15(5-7-16)25-12-2-3-17(20)19-10-8-14(9-11-19)13-18(21)22/h4-7,14H,2-3,8-13H2,1H3,(H,21,22). The highest BCUT2D eigenvalue weighted by atomic mass is 32.2. The summed E-state index contributed by atoms with van der Waals surface area (Å²) in [5.74, 6) is 0.0143. The van der Waals surface area contributed by atoms with Gasteiger partial charge in [0, 0.05) is 32.2 Å². The van der Waals surface area contributed by atoms with Crippen LogP contribution in [0.2, 0.25) is 0 Å². The van der Waals surface area contributed by atoms with Crippen molar-refractivity contribution in [3.8, 4) is 5.75 Å². The van der Waals surface area contributed by atoms with Crippen molar-refractivity contribution in [2.45, 2.75) is 37.0 Å². The van der Waals surface area contributed by atoms with Gasteiger partial charge in [-0.15, -0.1) is 0 Å². The maximum atomic E-state index is 12.2. The third kappa shape index (κ3) is 6.33. The Morgan fingerprint density at radius 3 is 2.35 bits per heavy atom. The quantitative estimate of drug-likeness (QED) is 0.689. The number of benzene rings is 1. The molecule has 0 atom stereocenters. The number of amides is 1. The van der Waals surface area contributed by atoms with Gasteiger partial charge in [0.2, 0.25) is 5.91 Å². The van der Waals surface area contributed by atoms with Gasteiger partial charge in [0.05, 0.1) is 11.5 Å². The van der Waals surface area contributed by atoms with Gasteiger partial charge in [0.1, 0.15) is 5.75 Å². The first-order valence-electron chi connectivity index (χ1n) is 8.68. The molecule has 1 fully saturated rings. The van der Waals surface area contributed by atoms with Crippen molar-refractivity contribution in [3.05, 3.63) is 24.3 Å². The molecule has 0 aromatic heterocycles. The van der Waals surface area contributed by atoms with Crippen molar-refractivity contribution in [2.75, 3.05) is 26.0 Å². The lowest BCUT2D eigenvalue weighted by molar-refractivity contribution is -0.138. The number of piperidine rings is 1. The monoisotopic (exact) mass is 383 g/mol. The number of carbonyl (C=O) groups is 2. The van der Waals surface area contributed by atoms with E-state index in [0.717, 1.165) is 19.1 Å². The fourth-order valence-corrected chi connectivity index (χ4v) is 3.62. The maximum Gasteiger partial charge on any atom is 0.303 e. The van der Waals surface area contributed by atoms with Gasteiger partial charge < -0.3 is 14.7 Å². The summed E-state index contributed by atoms with van der Waals surface area (Å²) < 4.78 is 28.3. The molecule has 0 saturated carbocycles. The van der Waals surface area contributed by atoms with Crippen molar-refractivity contribution >= 4 is 21.7 Å². The number of sulfone groups is 1. The van der Waals surface area contributed by atoms with E-state index in [0.29, 0.717) is 38.3 Å². The number of hydrogen-bond acceptors (Lipinski definition) is 5. The molecule has 26 heavy (non-hydrogen) atoms. The van der Waals surface area contributed by atoms with Crippen molar-refractivity contribution in [3.63, 3.8) is 0 Å². The third-order valence-corrected chi connectivity index (χ3v) is 5.61. The van der Waals surface area contributed by atoms with Crippen molar-refractivity contribution in [1.29, 1.82) is 0 Å². The van der Waals surface area contributed by atoms with Crippen molar-refractivity contribution < 1.29 is 27.9 Å². The first-order chi connectivity index (χ1) is 12.3. The fraction of sp³-hybridized carbons (Fsp3) is 0.556. The van der Waals surface area contributed by atoms with Gasteiger partial charge in [0.15, 0.2) is 9.84 Å². The molecular formula is C18H25NO6S. The molecule has 8 heteroatoms. The van der Waals surface area contributed by atoms with Gasteiger partial charge >= 0.3 is 5.97 Å². The topological polar surface area (TPSA) is 101 Å². The molecule has 0 spiro atoms. The molecule has 2 rings (SSSR count). The average Bonchev–Trinajstić information content (AvgIpc) is 2.58. The maximum absolute atomic E-state index is 12.2. The lowest BCUT2D eigenvalue weighted by atomic mass is 9.93. The molecule has 1 aromatic carbocycles. The van der Waals surface area contributed by atoms with Crippen LogP contribution in [0.15, 0.2) is 29.2 Å². The second-order valence-electron chi connectivity index (χ2n) is 6.62. The van der Waals surface area contributed by atoms with E-state index < -0.39 is 15.8 Å². The van der Waals surface area contributed by atoms with Gasteiger partial charge in [-0.3, -0.25) is 9.59 Å². The number of ether oxygens (including phenoxy) is 1. The summed E-state index contributed by atoms with van der Waals surface area (Å²) in [7, 11) is -3.22. The molecule has 0 radical (unpaired) electrons. The number of rotatable bonds is 8. The Balaban J connectivity index is 1.67. The predicted molar refractivity (Wildman–Crippen MR) is 95.8 cm³/mol. The summed E-state index contributed by atoms with van der Waals surface area (Å²) in [6, 6.07) is 6.20. The molecular weight excluding hydrogens is 358 g/mol. The van der Waals surface area contributed by atoms with E-state index >= 15 is 0 Å². The van der Waals surface area contributed by atoms with Crippen LogP contribution in [0, 0.1) is 5.92 Å². The van der Waals surface area contributed by atoms with Crippen LogP contribution in [0.3, 0.4) is 0 Å². The summed E-state index contributed by atoms with van der Waals surface area (Å²) in [5, 5.41) is 8.81. The highest BCUT2D eigenvalue weighted by molar-refractivity contribution is 7.90. The van der Waals surface area contributed by atoms with E-state index in [2.05, 4.69) is 0 Å². The van der Waals surface area contributed by atoms with Crippen LogP contribution in [-0.2, 0) is 19.4 Å². The lowest BCUT2D eigenvalue weighted by Crippen LogP contribution is -2.38. The van der Waals surface area contributed by atoms with Crippen LogP contribution in [0.4, 0.5) is 0 Å². The summed E-state index contributed by atoms with van der Waals surface area (Å²) in [4.78, 5) is 24.9. The normalized spacial score (nSPS) is 15.7. The lowest BCUT2D eigenvalue weighted by Gasteiger charge is -2.31. The molecule has 1 saturated heterocycles. The number of carboxylic acid groups (broad SMARTS) is 1. The number of likely N-dealkylation sites (tertiary alicyclic amines) is 1. The molecule has 0 bridgehead atoms. The summed E-state index contributed by atoms with van der Waals surface area (Å²) in [5.41, 5.74) is 0. The molecule has 0 unspecified atom stereocenters. The minimum Gasteiger partial charge on any atom is -0.494 e. The van der Waals surface area contributed by atoms with Crippen LogP contribution >= 0.6 is 0 Å². The molecule has 1 N–H and O–H groups in total. The zero-order chi connectivity index (χ0) is 19.2. The Kier molecular flexibility index (Phi) is 7.02. The van der Waals surface area contributed by atoms with E-state index in [9.17, 15) is 18.0 Å². The summed E-state index contributed by atoms with van der Waals surface area (Å²) in [6.45, 7) is 1.61. The second kappa shape index (κ2) is 9.02. The number of nitrogens with zero attached hydrogens (tertiary/aromatic N) is 1. The van der Waals surface area contributed by atoms with Crippen LogP contribution < -0.4 is 4.74 Å². The van der Waals surface area contributed by atoms with E-state index in [1.807, 2.05) is 0 Å². The van der Waals surface area contributed by atoms with Crippen LogP contribution in [0.5, 0.6) is 5.75 Å². The highest BCUT2D eigenvalue weighted by Crippen LogP contribution is 2.21. The molecule has 1 aromatic rings. The number of carboxylic acids is 1. The van der Waals surface area contributed by atoms with E-state index in [1.165, 1.54) is 12.1 Å². The largest absolute Gasteiger partial charge is 0.494 e. The Bertz CT molecular complexity index is 721. The molecule has 1 heterocycles. The van der Waals surface area contributed by atoms with Crippen molar-refractivity contribution in [1.82, 2.24) is 4.90 Å². The number of hydrogen-bond donors (Lipinski definition) is 1. The Hall–Kier alpha value is -2.09. The van der Waals surface area contributed by atoms with Crippen molar-refractivity contribution in [2.24, 2.45) is 5.92 Å². The highest BCUT2D eigenvalue weighted by Gasteiger charge is 2.23. The molecule has 1 aliphatic heterocycles.